The van der Waals surface area contributed by atoms with Gasteiger partial charge in [-0.15, -0.1) is 6.42 Å². The van der Waals surface area contributed by atoms with Crippen LogP contribution in [0, 0.1) is 12.3 Å². The van der Waals surface area contributed by atoms with Crippen molar-refractivity contribution < 1.29 is 0 Å². The van der Waals surface area contributed by atoms with Crippen LogP contribution in [0.1, 0.15) is 5.56 Å². The molecule has 0 amide bonds. The maximum Gasteiger partial charge on any atom is 0.178 e. The normalized spacial score (nSPS) is 8.58. The maximum absolute atomic E-state index is 10.9. The molecule has 0 N–H and O–H groups in total. The number of hydrogen-bond donors (Lipinski definition) is 0. The van der Waals surface area contributed by atoms with E-state index in [1.54, 1.807) is 18.2 Å². The van der Waals surface area contributed by atoms with Gasteiger partial charge < -0.3 is 0 Å². The standard InChI is InChI=1S/C11H8O/c1-3-9(2)10-5-4-6-11(12)8-7-10/h1,4-8H,2H2. The summed E-state index contributed by atoms with van der Waals surface area (Å²) in [6, 6.07) is 8.06. The molecule has 1 heteroatoms. The summed E-state index contributed by atoms with van der Waals surface area (Å²) in [6.07, 6.45) is 5.16. The molecule has 0 bridgehead atoms. The van der Waals surface area contributed by atoms with Gasteiger partial charge in [0, 0.05) is 5.57 Å². The van der Waals surface area contributed by atoms with Gasteiger partial charge in [0.15, 0.2) is 5.43 Å². The molecule has 1 aromatic rings. The van der Waals surface area contributed by atoms with E-state index in [1.807, 2.05) is 0 Å². The lowest BCUT2D eigenvalue weighted by molar-refractivity contribution is 1.67. The molecule has 0 fully saturated rings. The van der Waals surface area contributed by atoms with E-state index in [9.17, 15) is 4.79 Å². The summed E-state index contributed by atoms with van der Waals surface area (Å²) in [5.41, 5.74) is 1.36. The van der Waals surface area contributed by atoms with Crippen LogP contribution in [0.3, 0.4) is 0 Å². The molecule has 58 valence electrons. The monoisotopic (exact) mass is 156 g/mol. The minimum atomic E-state index is -0.0360. The van der Waals surface area contributed by atoms with Crippen molar-refractivity contribution in [2.45, 2.75) is 0 Å². The molecule has 0 heterocycles. The van der Waals surface area contributed by atoms with Gasteiger partial charge in [-0.25, -0.2) is 0 Å². The molecule has 0 aromatic heterocycles. The van der Waals surface area contributed by atoms with E-state index in [2.05, 4.69) is 12.5 Å². The molecule has 1 rings (SSSR count). The van der Waals surface area contributed by atoms with Gasteiger partial charge in [-0.3, -0.25) is 4.79 Å². The summed E-state index contributed by atoms with van der Waals surface area (Å²) in [4.78, 5) is 10.9. The molecule has 0 aliphatic carbocycles. The van der Waals surface area contributed by atoms with Crippen LogP contribution >= 0.6 is 0 Å². The predicted molar refractivity (Wildman–Crippen MR) is 50.6 cm³/mol. The van der Waals surface area contributed by atoms with Crippen molar-refractivity contribution in [2.75, 3.05) is 0 Å². The Morgan fingerprint density at radius 3 is 2.75 bits per heavy atom. The Morgan fingerprint density at radius 2 is 2.08 bits per heavy atom. The van der Waals surface area contributed by atoms with Gasteiger partial charge in [-0.1, -0.05) is 24.6 Å². The lowest BCUT2D eigenvalue weighted by Gasteiger charge is -1.90. The highest BCUT2D eigenvalue weighted by molar-refractivity contribution is 5.75. The smallest absolute Gasteiger partial charge is 0.178 e. The summed E-state index contributed by atoms with van der Waals surface area (Å²) in [5.74, 6) is 2.42. The summed E-state index contributed by atoms with van der Waals surface area (Å²) in [5, 5.41) is 0. The molecule has 1 nitrogen and oxygen atoms in total. The number of allylic oxidation sites excluding steroid dienone is 1. The highest BCUT2D eigenvalue weighted by atomic mass is 16.1. The minimum absolute atomic E-state index is 0.0360. The first kappa shape index (κ1) is 8.29. The SMILES string of the molecule is C#CC(=C)c1cccc(=O)cc1. The molecule has 0 spiro atoms. The van der Waals surface area contributed by atoms with Crippen molar-refractivity contribution >= 4 is 5.57 Å². The molecule has 0 atom stereocenters. The largest absolute Gasteiger partial charge is 0.290 e. The third-order valence-electron chi connectivity index (χ3n) is 1.49. The van der Waals surface area contributed by atoms with E-state index in [-0.39, 0.29) is 5.43 Å². The van der Waals surface area contributed by atoms with Gasteiger partial charge in [-0.2, -0.15) is 0 Å². The Bertz CT molecular complexity index is 396. The molecular weight excluding hydrogens is 148 g/mol. The lowest BCUT2D eigenvalue weighted by atomic mass is 10.1. The fraction of sp³-hybridized carbons (Fsp3) is 0. The molecule has 0 unspecified atom stereocenters. The van der Waals surface area contributed by atoms with Crippen molar-refractivity contribution in [3.8, 4) is 12.3 Å². The predicted octanol–water partition coefficient (Wildman–Crippen LogP) is 1.69. The van der Waals surface area contributed by atoms with E-state index >= 15 is 0 Å². The number of terminal acetylenes is 1. The zero-order chi connectivity index (χ0) is 8.97. The minimum Gasteiger partial charge on any atom is -0.290 e. The number of hydrogen-bond acceptors (Lipinski definition) is 1. The summed E-state index contributed by atoms with van der Waals surface area (Å²) in [6.45, 7) is 3.66. The second kappa shape index (κ2) is 3.54. The van der Waals surface area contributed by atoms with Gasteiger partial charge in [-0.05, 0) is 23.8 Å². The van der Waals surface area contributed by atoms with Crippen LogP contribution in [-0.2, 0) is 0 Å². The van der Waals surface area contributed by atoms with Crippen LogP contribution in [0.15, 0.2) is 41.7 Å². The highest BCUT2D eigenvalue weighted by Crippen LogP contribution is 2.07. The van der Waals surface area contributed by atoms with Crippen molar-refractivity contribution in [1.29, 1.82) is 0 Å². The van der Waals surface area contributed by atoms with Crippen LogP contribution in [0.5, 0.6) is 0 Å². The van der Waals surface area contributed by atoms with Crippen LogP contribution in [0.4, 0.5) is 0 Å². The first-order chi connectivity index (χ1) is 5.74. The van der Waals surface area contributed by atoms with E-state index < -0.39 is 0 Å². The Hall–Kier alpha value is -1.81. The average molecular weight is 156 g/mol. The average Bonchev–Trinajstić information content (AvgIpc) is 2.29. The topological polar surface area (TPSA) is 17.1 Å². The first-order valence-corrected chi connectivity index (χ1v) is 3.50. The van der Waals surface area contributed by atoms with Crippen LogP contribution in [0.25, 0.3) is 5.57 Å². The Kier molecular flexibility index (Phi) is 2.45. The number of rotatable bonds is 1. The Morgan fingerprint density at radius 1 is 1.33 bits per heavy atom. The molecule has 0 saturated carbocycles. The van der Waals surface area contributed by atoms with Gasteiger partial charge in [0.1, 0.15) is 0 Å². The van der Waals surface area contributed by atoms with E-state index in [1.165, 1.54) is 12.1 Å². The van der Waals surface area contributed by atoms with E-state index in [0.717, 1.165) is 5.56 Å². The van der Waals surface area contributed by atoms with Crippen molar-refractivity contribution in [3.63, 3.8) is 0 Å². The summed E-state index contributed by atoms with van der Waals surface area (Å²) in [7, 11) is 0. The summed E-state index contributed by atoms with van der Waals surface area (Å²) < 4.78 is 0. The second-order valence-corrected chi connectivity index (χ2v) is 2.34. The molecule has 0 aliphatic heterocycles. The molecule has 0 radical (unpaired) electrons. The van der Waals surface area contributed by atoms with Gasteiger partial charge in [0.05, 0.1) is 0 Å². The van der Waals surface area contributed by atoms with Crippen molar-refractivity contribution in [1.82, 2.24) is 0 Å². The molecular formula is C11H8O. The van der Waals surface area contributed by atoms with E-state index in [0.29, 0.717) is 5.57 Å². The fourth-order valence-corrected chi connectivity index (χ4v) is 0.814. The van der Waals surface area contributed by atoms with Crippen molar-refractivity contribution in [3.05, 3.63) is 52.7 Å². The fourth-order valence-electron chi connectivity index (χ4n) is 0.814. The Balaban J connectivity index is 3.25. The highest BCUT2D eigenvalue weighted by Gasteiger charge is 1.90. The van der Waals surface area contributed by atoms with Gasteiger partial charge in [0.2, 0.25) is 0 Å². The zero-order valence-corrected chi connectivity index (χ0v) is 6.58. The molecule has 12 heavy (non-hydrogen) atoms. The molecule has 0 aliphatic rings. The van der Waals surface area contributed by atoms with Crippen LogP contribution in [0.2, 0.25) is 0 Å². The van der Waals surface area contributed by atoms with Gasteiger partial charge in [0.25, 0.3) is 0 Å². The second-order valence-electron chi connectivity index (χ2n) is 2.34. The quantitative estimate of drug-likeness (QED) is 0.565. The van der Waals surface area contributed by atoms with E-state index in [4.69, 9.17) is 6.42 Å². The van der Waals surface area contributed by atoms with Crippen LogP contribution < -0.4 is 5.43 Å². The lowest BCUT2D eigenvalue weighted by Crippen LogP contribution is -1.87. The Labute approximate surface area is 71.4 Å². The van der Waals surface area contributed by atoms with Gasteiger partial charge >= 0.3 is 0 Å². The molecule has 0 saturated heterocycles. The maximum atomic E-state index is 10.9. The van der Waals surface area contributed by atoms with Crippen LogP contribution in [-0.4, -0.2) is 0 Å². The molecule has 1 aromatic carbocycles. The summed E-state index contributed by atoms with van der Waals surface area (Å²) >= 11 is 0. The third kappa shape index (κ3) is 1.83. The zero-order valence-electron chi connectivity index (χ0n) is 6.58. The first-order valence-electron chi connectivity index (χ1n) is 3.50. The van der Waals surface area contributed by atoms with Crippen molar-refractivity contribution in [2.24, 2.45) is 0 Å². The third-order valence-corrected chi connectivity index (χ3v) is 1.49.